The first kappa shape index (κ1) is 64.1. The number of rotatable bonds is 53. The molecule has 0 spiro atoms. The summed E-state index contributed by atoms with van der Waals surface area (Å²) in [6.07, 6.45) is 56.8. The highest BCUT2D eigenvalue weighted by molar-refractivity contribution is 5.70. The lowest BCUT2D eigenvalue weighted by atomic mass is 10.0. The minimum Gasteiger partial charge on any atom is -0.544 e. The molecule has 2 atom stereocenters. The van der Waals surface area contributed by atoms with Gasteiger partial charge in [0.1, 0.15) is 12.6 Å². The van der Waals surface area contributed by atoms with Crippen molar-refractivity contribution >= 4 is 17.9 Å². The van der Waals surface area contributed by atoms with Crippen LogP contribution in [0.3, 0.4) is 0 Å². The zero-order valence-electron chi connectivity index (χ0n) is 44.6. The number of nitrogens with zero attached hydrogens (tertiary/aromatic N) is 1. The third-order valence-corrected chi connectivity index (χ3v) is 13.4. The van der Waals surface area contributed by atoms with Crippen molar-refractivity contribution < 1.29 is 38.2 Å². The molecule has 2 unspecified atom stereocenters. The van der Waals surface area contributed by atoms with Crippen molar-refractivity contribution in [2.45, 2.75) is 302 Å². The molecule has 0 bridgehead atoms. The Morgan fingerprint density at radius 3 is 1.09 bits per heavy atom. The van der Waals surface area contributed by atoms with Crippen LogP contribution in [0.1, 0.15) is 290 Å². The SMILES string of the molecule is CCCCCCCCCCCC/C=C/CCCCCCCCCC(=O)OCC(COCCC(C(=O)[O-])[N+](C)(C)C)OC(=O)CCCCCCCCCCCCCCCCCCCCCCC. The number of quaternary nitrogens is 1. The smallest absolute Gasteiger partial charge is 0.306 e. The number of carboxylic acid groups (broad SMARTS) is 1. The van der Waals surface area contributed by atoms with Gasteiger partial charge in [0, 0.05) is 19.3 Å². The maximum Gasteiger partial charge on any atom is 0.306 e. The molecule has 0 saturated carbocycles. The van der Waals surface area contributed by atoms with Crippen molar-refractivity contribution in [1.29, 1.82) is 0 Å². The summed E-state index contributed by atoms with van der Waals surface area (Å²) in [4.78, 5) is 37.1. The quantitative estimate of drug-likeness (QED) is 0.0259. The Kier molecular flexibility index (Phi) is 48.0. The first-order valence-electron chi connectivity index (χ1n) is 28.7. The Balaban J connectivity index is 4.14. The first-order chi connectivity index (χ1) is 32.1. The Morgan fingerprint density at radius 1 is 0.439 bits per heavy atom. The van der Waals surface area contributed by atoms with Crippen LogP contribution in [0.25, 0.3) is 0 Å². The molecule has 0 aliphatic rings. The molecule has 66 heavy (non-hydrogen) atoms. The van der Waals surface area contributed by atoms with Gasteiger partial charge in [0.2, 0.25) is 0 Å². The number of unbranched alkanes of at least 4 members (excludes halogenated alkanes) is 37. The van der Waals surface area contributed by atoms with Gasteiger partial charge in [-0.15, -0.1) is 0 Å². The molecule has 0 aromatic carbocycles. The standard InChI is InChI=1S/C58H111NO7/c1-6-8-10-12-14-16-18-20-22-24-26-28-30-32-34-36-38-40-42-44-46-48-56(60)65-53-54(52-64-51-50-55(58(62)63)59(3,4)5)66-57(61)49-47-45-43-41-39-37-35-33-31-29-27-25-23-21-19-17-15-13-11-9-7-2/h28,30,54-55H,6-27,29,31-53H2,1-5H3/b30-28+. The van der Waals surface area contributed by atoms with Gasteiger partial charge < -0.3 is 28.6 Å². The summed E-state index contributed by atoms with van der Waals surface area (Å²) in [5.74, 6) is -1.71. The Labute approximate surface area is 409 Å². The molecule has 0 N–H and O–H groups in total. The van der Waals surface area contributed by atoms with E-state index in [1.54, 1.807) is 0 Å². The second-order valence-corrected chi connectivity index (χ2v) is 20.9. The molecule has 0 saturated heterocycles. The lowest BCUT2D eigenvalue weighted by molar-refractivity contribution is -0.889. The largest absolute Gasteiger partial charge is 0.544 e. The molecule has 0 aliphatic heterocycles. The summed E-state index contributed by atoms with van der Waals surface area (Å²) >= 11 is 0. The van der Waals surface area contributed by atoms with E-state index in [4.69, 9.17) is 14.2 Å². The Bertz CT molecular complexity index is 1090. The van der Waals surface area contributed by atoms with Gasteiger partial charge in [-0.2, -0.15) is 0 Å². The molecule has 0 radical (unpaired) electrons. The van der Waals surface area contributed by atoms with Crippen molar-refractivity contribution in [2.24, 2.45) is 0 Å². The van der Waals surface area contributed by atoms with E-state index in [0.717, 1.165) is 38.5 Å². The van der Waals surface area contributed by atoms with E-state index >= 15 is 0 Å². The number of carboxylic acids is 1. The summed E-state index contributed by atoms with van der Waals surface area (Å²) in [6.45, 7) is 4.72. The monoisotopic (exact) mass is 934 g/mol. The van der Waals surface area contributed by atoms with Gasteiger partial charge in [-0.1, -0.05) is 244 Å². The molecular formula is C58H111NO7. The molecule has 0 rings (SSSR count). The number of carbonyl (C=O) groups is 3. The minimum absolute atomic E-state index is 0.0460. The number of allylic oxidation sites excluding steroid dienone is 2. The number of hydrogen-bond donors (Lipinski definition) is 0. The first-order valence-corrected chi connectivity index (χ1v) is 28.7. The van der Waals surface area contributed by atoms with E-state index < -0.39 is 18.1 Å². The van der Waals surface area contributed by atoms with Crippen LogP contribution in [-0.4, -0.2) is 75.5 Å². The second kappa shape index (κ2) is 49.5. The number of likely N-dealkylation sites (N-methyl/N-ethyl adjacent to an activating group) is 1. The molecule has 390 valence electrons. The van der Waals surface area contributed by atoms with Crippen LogP contribution >= 0.6 is 0 Å². The number of esters is 2. The summed E-state index contributed by atoms with van der Waals surface area (Å²) in [7, 11) is 5.43. The fourth-order valence-electron chi connectivity index (χ4n) is 8.95. The zero-order chi connectivity index (χ0) is 48.4. The van der Waals surface area contributed by atoms with Gasteiger partial charge >= 0.3 is 11.9 Å². The van der Waals surface area contributed by atoms with E-state index in [1.165, 1.54) is 218 Å². The fourth-order valence-corrected chi connectivity index (χ4v) is 8.95. The second-order valence-electron chi connectivity index (χ2n) is 20.9. The third kappa shape index (κ3) is 47.1. The van der Waals surface area contributed by atoms with Crippen LogP contribution in [0.4, 0.5) is 0 Å². The average Bonchev–Trinajstić information content (AvgIpc) is 3.28. The van der Waals surface area contributed by atoms with Crippen molar-refractivity contribution in [3.63, 3.8) is 0 Å². The van der Waals surface area contributed by atoms with Crippen molar-refractivity contribution in [1.82, 2.24) is 0 Å². The number of carbonyl (C=O) groups excluding carboxylic acids is 3. The van der Waals surface area contributed by atoms with E-state index in [2.05, 4.69) is 26.0 Å². The predicted octanol–water partition coefficient (Wildman–Crippen LogP) is 15.7. The molecular weight excluding hydrogens is 823 g/mol. The highest BCUT2D eigenvalue weighted by atomic mass is 16.6. The van der Waals surface area contributed by atoms with E-state index in [1.807, 2.05) is 21.1 Å². The molecule has 0 aromatic rings. The van der Waals surface area contributed by atoms with Crippen molar-refractivity contribution in [2.75, 3.05) is 41.0 Å². The van der Waals surface area contributed by atoms with Gasteiger partial charge in [0.25, 0.3) is 0 Å². The summed E-state index contributed by atoms with van der Waals surface area (Å²) in [6, 6.07) is -0.723. The molecule has 0 heterocycles. The van der Waals surface area contributed by atoms with Crippen LogP contribution in [0, 0.1) is 0 Å². The lowest BCUT2D eigenvalue weighted by Gasteiger charge is -2.34. The summed E-state index contributed by atoms with van der Waals surface area (Å²) < 4.78 is 17.3. The molecule has 0 aromatic heterocycles. The van der Waals surface area contributed by atoms with Gasteiger partial charge in [-0.25, -0.2) is 0 Å². The van der Waals surface area contributed by atoms with E-state index in [9.17, 15) is 19.5 Å². The molecule has 0 aliphatic carbocycles. The van der Waals surface area contributed by atoms with Crippen LogP contribution in [0.2, 0.25) is 0 Å². The summed E-state index contributed by atoms with van der Waals surface area (Å²) in [5.41, 5.74) is 0. The highest BCUT2D eigenvalue weighted by Gasteiger charge is 2.25. The van der Waals surface area contributed by atoms with Crippen molar-refractivity contribution in [3.8, 4) is 0 Å². The van der Waals surface area contributed by atoms with Gasteiger partial charge in [-0.05, 0) is 38.5 Å². The predicted molar refractivity (Wildman–Crippen MR) is 278 cm³/mol. The number of aliphatic carboxylic acids is 1. The summed E-state index contributed by atoms with van der Waals surface area (Å²) in [5, 5.41) is 11.7. The lowest BCUT2D eigenvalue weighted by Crippen LogP contribution is -2.55. The van der Waals surface area contributed by atoms with Crippen LogP contribution in [-0.2, 0) is 28.6 Å². The average molecular weight is 935 g/mol. The van der Waals surface area contributed by atoms with Crippen LogP contribution < -0.4 is 5.11 Å². The Morgan fingerprint density at radius 2 is 0.758 bits per heavy atom. The zero-order valence-corrected chi connectivity index (χ0v) is 44.6. The van der Waals surface area contributed by atoms with E-state index in [-0.39, 0.29) is 42.7 Å². The maximum atomic E-state index is 12.8. The topological polar surface area (TPSA) is 102 Å². The molecule has 8 nitrogen and oxygen atoms in total. The van der Waals surface area contributed by atoms with Gasteiger partial charge in [0.15, 0.2) is 6.10 Å². The molecule has 0 amide bonds. The number of hydrogen-bond acceptors (Lipinski definition) is 7. The molecule has 8 heteroatoms. The van der Waals surface area contributed by atoms with Gasteiger partial charge in [0.05, 0.1) is 40.3 Å². The normalized spacial score (nSPS) is 12.8. The van der Waals surface area contributed by atoms with Crippen LogP contribution in [0.15, 0.2) is 12.2 Å². The maximum absolute atomic E-state index is 12.8. The van der Waals surface area contributed by atoms with Crippen molar-refractivity contribution in [3.05, 3.63) is 12.2 Å². The third-order valence-electron chi connectivity index (χ3n) is 13.4. The molecule has 0 fully saturated rings. The fraction of sp³-hybridized carbons (Fsp3) is 0.914. The van der Waals surface area contributed by atoms with Crippen LogP contribution in [0.5, 0.6) is 0 Å². The van der Waals surface area contributed by atoms with Gasteiger partial charge in [-0.3, -0.25) is 9.59 Å². The minimum atomic E-state index is -1.12. The van der Waals surface area contributed by atoms with E-state index in [0.29, 0.717) is 12.8 Å². The Hall–Kier alpha value is -1.93. The highest BCUT2D eigenvalue weighted by Crippen LogP contribution is 2.17. The number of ether oxygens (including phenoxy) is 3.